The number of allylic oxidation sites excluding steroid dienone is 2. The molecule has 0 N–H and O–H groups in total. The van der Waals surface area contributed by atoms with Crippen molar-refractivity contribution in [2.45, 2.75) is 20.3 Å². The van der Waals surface area contributed by atoms with Gasteiger partial charge in [0.2, 0.25) is 0 Å². The van der Waals surface area contributed by atoms with Crippen LogP contribution in [0.15, 0.2) is 35.0 Å². The second-order valence-corrected chi connectivity index (χ2v) is 2.66. The number of nitrogens with zero attached hydrogens (tertiary/aromatic N) is 1. The van der Waals surface area contributed by atoms with Crippen molar-refractivity contribution < 1.29 is 4.79 Å². The summed E-state index contributed by atoms with van der Waals surface area (Å²) in [5, 5.41) is 0. The Bertz CT molecular complexity index is 291. The SMILES string of the molecule is C=CC(=O)CC=C=C(C)/C(C)=N\C. The Balaban J connectivity index is 4.38. The van der Waals surface area contributed by atoms with Crippen LogP contribution in [0.3, 0.4) is 0 Å². The van der Waals surface area contributed by atoms with E-state index in [9.17, 15) is 4.79 Å². The van der Waals surface area contributed by atoms with Crippen molar-refractivity contribution in [2.75, 3.05) is 7.05 Å². The lowest BCUT2D eigenvalue weighted by molar-refractivity contribution is -0.113. The van der Waals surface area contributed by atoms with Gasteiger partial charge >= 0.3 is 0 Å². The van der Waals surface area contributed by atoms with Crippen molar-refractivity contribution in [2.24, 2.45) is 4.99 Å². The van der Waals surface area contributed by atoms with Crippen LogP contribution < -0.4 is 0 Å². The van der Waals surface area contributed by atoms with E-state index in [1.54, 1.807) is 13.1 Å². The summed E-state index contributed by atoms with van der Waals surface area (Å²) in [6.45, 7) is 7.20. The van der Waals surface area contributed by atoms with Crippen molar-refractivity contribution in [3.8, 4) is 0 Å². The molecule has 0 fully saturated rings. The minimum atomic E-state index is 0.00592. The highest BCUT2D eigenvalue weighted by Crippen LogP contribution is 1.94. The molecule has 0 aromatic carbocycles. The maximum Gasteiger partial charge on any atom is 0.159 e. The van der Waals surface area contributed by atoms with Crippen molar-refractivity contribution in [1.29, 1.82) is 0 Å². The first kappa shape index (κ1) is 11.6. The van der Waals surface area contributed by atoms with E-state index in [2.05, 4.69) is 17.3 Å². The number of ketones is 1. The molecule has 0 aromatic rings. The third kappa shape index (κ3) is 4.94. The van der Waals surface area contributed by atoms with Gasteiger partial charge in [-0.3, -0.25) is 9.79 Å². The van der Waals surface area contributed by atoms with E-state index in [-0.39, 0.29) is 5.78 Å². The van der Waals surface area contributed by atoms with Gasteiger partial charge in [-0.2, -0.15) is 0 Å². The fourth-order valence-electron chi connectivity index (χ4n) is 0.660. The summed E-state index contributed by atoms with van der Waals surface area (Å²) in [5.41, 5.74) is 4.88. The maximum atomic E-state index is 10.8. The Morgan fingerprint density at radius 3 is 2.62 bits per heavy atom. The van der Waals surface area contributed by atoms with E-state index in [1.165, 1.54) is 6.08 Å². The highest BCUT2D eigenvalue weighted by Gasteiger charge is 1.91. The van der Waals surface area contributed by atoms with Gasteiger partial charge < -0.3 is 0 Å². The summed E-state index contributed by atoms with van der Waals surface area (Å²) in [6.07, 6.45) is 3.38. The number of aliphatic imine (C=N–C) groups is 1. The summed E-state index contributed by atoms with van der Waals surface area (Å²) in [7, 11) is 1.73. The Morgan fingerprint density at radius 2 is 2.15 bits per heavy atom. The Morgan fingerprint density at radius 1 is 1.54 bits per heavy atom. The van der Waals surface area contributed by atoms with E-state index in [0.717, 1.165) is 11.3 Å². The number of hydrogen-bond donors (Lipinski definition) is 0. The predicted molar refractivity (Wildman–Crippen MR) is 56.1 cm³/mol. The molecule has 0 saturated heterocycles. The van der Waals surface area contributed by atoms with Crippen LogP contribution in [0.5, 0.6) is 0 Å². The summed E-state index contributed by atoms with van der Waals surface area (Å²) in [6, 6.07) is 0. The third-order valence-corrected chi connectivity index (χ3v) is 1.73. The van der Waals surface area contributed by atoms with Gasteiger partial charge in [0, 0.05) is 24.8 Å². The average molecular weight is 177 g/mol. The Hall–Kier alpha value is -1.40. The molecule has 2 nitrogen and oxygen atoms in total. The van der Waals surface area contributed by atoms with E-state index in [0.29, 0.717) is 6.42 Å². The summed E-state index contributed by atoms with van der Waals surface area (Å²) < 4.78 is 0. The molecule has 2 heteroatoms. The van der Waals surface area contributed by atoms with Gasteiger partial charge in [0.1, 0.15) is 0 Å². The van der Waals surface area contributed by atoms with Gasteiger partial charge in [0.25, 0.3) is 0 Å². The first-order chi connectivity index (χ1) is 6.11. The largest absolute Gasteiger partial charge is 0.295 e. The zero-order chi connectivity index (χ0) is 10.3. The molecule has 0 saturated carbocycles. The van der Waals surface area contributed by atoms with Crippen molar-refractivity contribution in [1.82, 2.24) is 0 Å². The van der Waals surface area contributed by atoms with Crippen LogP contribution in [0.2, 0.25) is 0 Å². The zero-order valence-electron chi connectivity index (χ0n) is 8.42. The summed E-state index contributed by atoms with van der Waals surface area (Å²) in [5.74, 6) is 0.00592. The first-order valence-electron chi connectivity index (χ1n) is 4.12. The van der Waals surface area contributed by atoms with Crippen LogP contribution in [0.25, 0.3) is 0 Å². The van der Waals surface area contributed by atoms with Crippen LogP contribution in [0.1, 0.15) is 20.3 Å². The van der Waals surface area contributed by atoms with Gasteiger partial charge in [-0.25, -0.2) is 0 Å². The zero-order valence-corrected chi connectivity index (χ0v) is 8.42. The van der Waals surface area contributed by atoms with Crippen LogP contribution >= 0.6 is 0 Å². The van der Waals surface area contributed by atoms with Crippen molar-refractivity contribution >= 4 is 11.5 Å². The Kier molecular flexibility index (Phi) is 5.49. The molecule has 0 amide bonds. The van der Waals surface area contributed by atoms with Gasteiger partial charge in [0.05, 0.1) is 0 Å². The molecule has 0 aliphatic rings. The lowest BCUT2D eigenvalue weighted by atomic mass is 10.2. The molecule has 0 aliphatic carbocycles. The molecule has 0 heterocycles. The standard InChI is InChI=1S/C11H15NO/c1-5-11(13)8-6-7-9(2)10(3)12-4/h5-6H,1,8H2,2-4H3/b12-10-. The highest BCUT2D eigenvalue weighted by atomic mass is 16.1. The van der Waals surface area contributed by atoms with E-state index in [1.807, 2.05) is 13.8 Å². The molecule has 0 aliphatic heterocycles. The lowest BCUT2D eigenvalue weighted by Gasteiger charge is -1.92. The number of carbonyl (C=O) groups is 1. The van der Waals surface area contributed by atoms with E-state index in [4.69, 9.17) is 0 Å². The topological polar surface area (TPSA) is 29.4 Å². The quantitative estimate of drug-likeness (QED) is 0.368. The molecule has 70 valence electrons. The maximum absolute atomic E-state index is 10.8. The monoisotopic (exact) mass is 177 g/mol. The number of carbonyl (C=O) groups excluding carboxylic acids is 1. The van der Waals surface area contributed by atoms with Crippen LogP contribution in [-0.2, 0) is 4.79 Å². The van der Waals surface area contributed by atoms with E-state index >= 15 is 0 Å². The summed E-state index contributed by atoms with van der Waals surface area (Å²) in [4.78, 5) is 14.8. The average Bonchev–Trinajstić information content (AvgIpc) is 2.15. The normalized spacial score (nSPS) is 10.2. The number of hydrogen-bond acceptors (Lipinski definition) is 2. The Labute approximate surface area is 79.4 Å². The fraction of sp³-hybridized carbons (Fsp3) is 0.364. The first-order valence-corrected chi connectivity index (χ1v) is 4.12. The molecular weight excluding hydrogens is 162 g/mol. The minimum absolute atomic E-state index is 0.00592. The molecule has 0 spiro atoms. The second kappa shape index (κ2) is 6.15. The third-order valence-electron chi connectivity index (χ3n) is 1.73. The highest BCUT2D eigenvalue weighted by molar-refractivity contribution is 5.97. The van der Waals surface area contributed by atoms with Crippen LogP contribution in [0, 0.1) is 0 Å². The molecule has 0 bridgehead atoms. The van der Waals surface area contributed by atoms with Gasteiger partial charge in [-0.1, -0.05) is 6.58 Å². The van der Waals surface area contributed by atoms with Gasteiger partial charge in [-0.05, 0) is 26.0 Å². The molecule has 0 atom stereocenters. The van der Waals surface area contributed by atoms with Crippen molar-refractivity contribution in [3.05, 3.63) is 30.0 Å². The minimum Gasteiger partial charge on any atom is -0.295 e. The molecule has 0 rings (SSSR count). The van der Waals surface area contributed by atoms with E-state index < -0.39 is 0 Å². The molecule has 0 unspecified atom stereocenters. The second-order valence-electron chi connectivity index (χ2n) is 2.66. The lowest BCUT2D eigenvalue weighted by Crippen LogP contribution is -1.91. The van der Waals surface area contributed by atoms with Gasteiger partial charge in [0.15, 0.2) is 5.78 Å². The van der Waals surface area contributed by atoms with Crippen LogP contribution in [-0.4, -0.2) is 18.5 Å². The number of rotatable bonds is 4. The summed E-state index contributed by atoms with van der Waals surface area (Å²) >= 11 is 0. The fourth-order valence-corrected chi connectivity index (χ4v) is 0.660. The van der Waals surface area contributed by atoms with Crippen molar-refractivity contribution in [3.63, 3.8) is 0 Å². The molecule has 13 heavy (non-hydrogen) atoms. The van der Waals surface area contributed by atoms with Crippen LogP contribution in [0.4, 0.5) is 0 Å². The molecular formula is C11H15NO. The molecule has 0 aromatic heterocycles. The predicted octanol–water partition coefficient (Wildman–Crippen LogP) is 2.32. The smallest absolute Gasteiger partial charge is 0.159 e. The van der Waals surface area contributed by atoms with Gasteiger partial charge in [-0.15, -0.1) is 5.73 Å². The molecule has 0 radical (unpaired) electrons.